The Morgan fingerprint density at radius 3 is 2.76 bits per heavy atom. The third kappa shape index (κ3) is 4.57. The lowest BCUT2D eigenvalue weighted by Crippen LogP contribution is -2.43. The monoisotopic (exact) mass is 392 g/mol. The number of hydrogen-bond donors (Lipinski definition) is 2. The Bertz CT molecular complexity index is 1020. The lowest BCUT2D eigenvalue weighted by atomic mass is 9.92. The van der Waals surface area contributed by atoms with Crippen molar-refractivity contribution in [2.45, 2.75) is 38.0 Å². The van der Waals surface area contributed by atoms with Gasteiger partial charge in [-0.15, -0.1) is 0 Å². The molecule has 0 unspecified atom stereocenters. The van der Waals surface area contributed by atoms with Crippen LogP contribution in [-0.4, -0.2) is 38.6 Å². The second kappa shape index (κ2) is 8.21. The first-order chi connectivity index (χ1) is 14.0. The summed E-state index contributed by atoms with van der Waals surface area (Å²) in [6, 6.07) is 9.71. The van der Waals surface area contributed by atoms with Crippen LogP contribution < -0.4 is 5.73 Å². The van der Waals surface area contributed by atoms with E-state index in [4.69, 9.17) is 15.0 Å². The van der Waals surface area contributed by atoms with Crippen molar-refractivity contribution < 1.29 is 14.4 Å². The number of rotatable bonds is 4. The van der Waals surface area contributed by atoms with Gasteiger partial charge in [-0.3, -0.25) is 0 Å². The first-order valence-electron chi connectivity index (χ1n) is 9.67. The number of aliphatic hydroxyl groups excluding tert-OH is 1. The molecule has 4 rings (SSSR count). The molecule has 3 N–H and O–H groups in total. The summed E-state index contributed by atoms with van der Waals surface area (Å²) in [4.78, 5) is 4.17. The number of aromatic nitrogens is 3. The number of hydrogen-bond acceptors (Lipinski definition) is 6. The number of ether oxygens (including phenoxy) is 1. The zero-order chi connectivity index (χ0) is 20.3. The Balaban J connectivity index is 1.45. The van der Waals surface area contributed by atoms with Gasteiger partial charge in [0.1, 0.15) is 17.6 Å². The van der Waals surface area contributed by atoms with Gasteiger partial charge >= 0.3 is 0 Å². The third-order valence-electron chi connectivity index (χ3n) is 5.02. The fourth-order valence-electron chi connectivity index (χ4n) is 3.29. The zero-order valence-electron chi connectivity index (χ0n) is 16.3. The van der Waals surface area contributed by atoms with Crippen LogP contribution in [0.3, 0.4) is 0 Å². The van der Waals surface area contributed by atoms with Crippen LogP contribution in [-0.2, 0) is 11.3 Å². The molecule has 0 aliphatic carbocycles. The van der Waals surface area contributed by atoms with E-state index in [0.29, 0.717) is 31.3 Å². The quantitative estimate of drug-likeness (QED) is 0.662. The van der Waals surface area contributed by atoms with E-state index in [-0.39, 0.29) is 0 Å². The van der Waals surface area contributed by atoms with Crippen molar-refractivity contribution in [3.8, 4) is 23.2 Å². The van der Waals surface area contributed by atoms with Gasteiger partial charge in [0.15, 0.2) is 5.76 Å². The van der Waals surface area contributed by atoms with E-state index in [0.717, 1.165) is 29.7 Å². The Labute approximate surface area is 169 Å². The molecule has 1 atom stereocenters. The zero-order valence-corrected chi connectivity index (χ0v) is 16.3. The molecule has 2 aromatic heterocycles. The number of imidazole rings is 1. The van der Waals surface area contributed by atoms with Gasteiger partial charge in [0.25, 0.3) is 0 Å². The average Bonchev–Trinajstić information content (AvgIpc) is 3.38. The van der Waals surface area contributed by atoms with Crippen molar-refractivity contribution in [3.05, 3.63) is 59.8 Å². The lowest BCUT2D eigenvalue weighted by Gasteiger charge is -2.27. The van der Waals surface area contributed by atoms with Crippen molar-refractivity contribution in [3.63, 3.8) is 0 Å². The molecule has 1 fully saturated rings. The van der Waals surface area contributed by atoms with Gasteiger partial charge in [0.05, 0.1) is 12.1 Å². The number of nitrogens with zero attached hydrogens (tertiary/aromatic N) is 3. The van der Waals surface area contributed by atoms with Gasteiger partial charge in [0, 0.05) is 55.6 Å². The highest BCUT2D eigenvalue weighted by Gasteiger charge is 2.25. The molecule has 0 radical (unpaired) electrons. The van der Waals surface area contributed by atoms with Crippen LogP contribution in [0, 0.1) is 11.8 Å². The molecule has 0 saturated carbocycles. The van der Waals surface area contributed by atoms with Gasteiger partial charge in [-0.25, -0.2) is 4.98 Å². The summed E-state index contributed by atoms with van der Waals surface area (Å²) < 4.78 is 12.7. The number of nitrogens with two attached hydrogens (primary N) is 1. The average molecular weight is 392 g/mol. The van der Waals surface area contributed by atoms with E-state index < -0.39 is 11.6 Å². The van der Waals surface area contributed by atoms with Gasteiger partial charge in [-0.05, 0) is 31.2 Å². The molecule has 1 aliphatic rings. The molecule has 1 saturated heterocycles. The van der Waals surface area contributed by atoms with E-state index in [1.54, 1.807) is 13.1 Å². The van der Waals surface area contributed by atoms with Crippen LogP contribution in [0.25, 0.3) is 11.3 Å². The van der Waals surface area contributed by atoms with Gasteiger partial charge in [-0.1, -0.05) is 17.0 Å². The number of benzene rings is 1. The smallest absolute Gasteiger partial charge is 0.167 e. The largest absolute Gasteiger partial charge is 0.385 e. The second-order valence-electron chi connectivity index (χ2n) is 7.37. The lowest BCUT2D eigenvalue weighted by molar-refractivity contribution is 0.0705. The SMILES string of the molecule is C[C@H](O)c1nccn1Cc1cc(-c2ccc(C#CC3(N)CCOCC3)cc2)on1. The molecule has 7 heteroatoms. The maximum Gasteiger partial charge on any atom is 0.167 e. The molecule has 7 nitrogen and oxygen atoms in total. The highest BCUT2D eigenvalue weighted by molar-refractivity contribution is 5.59. The minimum atomic E-state index is -0.640. The molecule has 29 heavy (non-hydrogen) atoms. The molecule has 150 valence electrons. The molecule has 0 bridgehead atoms. The van der Waals surface area contributed by atoms with E-state index >= 15 is 0 Å². The van der Waals surface area contributed by atoms with Crippen LogP contribution in [0.4, 0.5) is 0 Å². The van der Waals surface area contributed by atoms with Crippen LogP contribution in [0.5, 0.6) is 0 Å². The topological polar surface area (TPSA) is 99.3 Å². The Morgan fingerprint density at radius 1 is 1.28 bits per heavy atom. The summed E-state index contributed by atoms with van der Waals surface area (Å²) in [6.07, 6.45) is 4.35. The fraction of sp³-hybridized carbons (Fsp3) is 0.364. The predicted molar refractivity (Wildman–Crippen MR) is 108 cm³/mol. The van der Waals surface area contributed by atoms with Crippen molar-refractivity contribution in [2.75, 3.05) is 13.2 Å². The predicted octanol–water partition coefficient (Wildman–Crippen LogP) is 2.50. The van der Waals surface area contributed by atoms with E-state index in [9.17, 15) is 5.11 Å². The van der Waals surface area contributed by atoms with Gasteiger partial charge in [0.2, 0.25) is 0 Å². The summed E-state index contributed by atoms with van der Waals surface area (Å²) in [5.41, 5.74) is 8.44. The molecular formula is C22H24N4O3. The maximum absolute atomic E-state index is 9.77. The summed E-state index contributed by atoms with van der Waals surface area (Å²) in [5, 5.41) is 13.9. The summed E-state index contributed by atoms with van der Waals surface area (Å²) >= 11 is 0. The Hall–Kier alpha value is -2.92. The van der Waals surface area contributed by atoms with Crippen LogP contribution in [0.1, 0.15) is 43.0 Å². The molecule has 3 heterocycles. The molecule has 0 amide bonds. The third-order valence-corrected chi connectivity index (χ3v) is 5.02. The molecule has 3 aromatic rings. The molecule has 1 aliphatic heterocycles. The maximum atomic E-state index is 9.77. The first kappa shape index (κ1) is 19.4. The van der Waals surface area contributed by atoms with Crippen LogP contribution in [0.15, 0.2) is 47.2 Å². The van der Waals surface area contributed by atoms with Crippen molar-refractivity contribution in [2.24, 2.45) is 5.73 Å². The van der Waals surface area contributed by atoms with Gasteiger partial charge < -0.3 is 24.7 Å². The summed E-state index contributed by atoms with van der Waals surface area (Å²) in [5.74, 6) is 7.65. The van der Waals surface area contributed by atoms with Crippen molar-refractivity contribution >= 4 is 0 Å². The molecular weight excluding hydrogens is 368 g/mol. The normalized spacial score (nSPS) is 16.8. The number of aliphatic hydroxyl groups is 1. The highest BCUT2D eigenvalue weighted by atomic mass is 16.5. The Kier molecular flexibility index (Phi) is 5.49. The van der Waals surface area contributed by atoms with Crippen molar-refractivity contribution in [1.82, 2.24) is 14.7 Å². The second-order valence-corrected chi connectivity index (χ2v) is 7.37. The standard InChI is InChI=1S/C22H24N4O3/c1-16(27)21-24-10-11-26(21)15-19-14-20(29-25-19)18-4-2-17(3-5-18)6-7-22(23)8-12-28-13-9-22/h2-5,10-11,14,16,27H,8-9,12-13,15,23H2,1H3/t16-/m0/s1. The minimum absolute atomic E-state index is 0.463. The van der Waals surface area contributed by atoms with Crippen LogP contribution in [0.2, 0.25) is 0 Å². The van der Waals surface area contributed by atoms with E-state index in [1.165, 1.54) is 0 Å². The summed E-state index contributed by atoms with van der Waals surface area (Å²) in [6.45, 7) is 3.49. The van der Waals surface area contributed by atoms with E-state index in [2.05, 4.69) is 22.0 Å². The summed E-state index contributed by atoms with van der Waals surface area (Å²) in [7, 11) is 0. The fourth-order valence-corrected chi connectivity index (χ4v) is 3.29. The van der Waals surface area contributed by atoms with Crippen molar-refractivity contribution in [1.29, 1.82) is 0 Å². The first-order valence-corrected chi connectivity index (χ1v) is 9.67. The van der Waals surface area contributed by atoms with Gasteiger partial charge in [-0.2, -0.15) is 0 Å². The van der Waals surface area contributed by atoms with Crippen LogP contribution >= 0.6 is 0 Å². The molecule has 1 aromatic carbocycles. The molecule has 0 spiro atoms. The Morgan fingerprint density at radius 2 is 2.03 bits per heavy atom. The highest BCUT2D eigenvalue weighted by Crippen LogP contribution is 2.22. The van der Waals surface area contributed by atoms with E-state index in [1.807, 2.05) is 41.1 Å². The minimum Gasteiger partial charge on any atom is -0.385 e.